The Morgan fingerprint density at radius 2 is 0.923 bits per heavy atom. The number of aliphatic carboxylic acids is 2. The summed E-state index contributed by atoms with van der Waals surface area (Å²) in [5, 5.41) is 45.3. The van der Waals surface area contributed by atoms with Gasteiger partial charge in [-0.15, -0.1) is 0 Å². The molecule has 0 aromatic rings. The van der Waals surface area contributed by atoms with Crippen LogP contribution in [0.15, 0.2) is 4.99 Å². The summed E-state index contributed by atoms with van der Waals surface area (Å²) in [5.41, 5.74) is 26.6. The second-order valence-electron chi connectivity index (χ2n) is 16.0. The number of carbonyl (C=O) groups excluding carboxylic acids is 9. The van der Waals surface area contributed by atoms with Crippen molar-refractivity contribution in [1.82, 2.24) is 37.2 Å². The van der Waals surface area contributed by atoms with Gasteiger partial charge in [-0.2, -0.15) is 0 Å². The largest absolute Gasteiger partial charge is 0.481 e. The van der Waals surface area contributed by atoms with E-state index < -0.39 is 146 Å². The number of carbonyl (C=O) groups is 11. The van der Waals surface area contributed by atoms with Crippen molar-refractivity contribution in [2.45, 2.75) is 141 Å². The molecule has 27 heteroatoms. The van der Waals surface area contributed by atoms with Crippen LogP contribution < -0.4 is 65.9 Å². The Morgan fingerprint density at radius 1 is 0.508 bits per heavy atom. The number of hydrogen-bond acceptors (Lipinski definition) is 14. The second kappa shape index (κ2) is 29.7. The van der Waals surface area contributed by atoms with Gasteiger partial charge in [0.05, 0.1) is 19.1 Å². The number of hydrogen-bond donors (Lipinski definition) is 15. The molecule has 0 unspecified atom stereocenters. The van der Waals surface area contributed by atoms with Crippen LogP contribution in [0.4, 0.5) is 0 Å². The molecular weight excluding hydrogens is 862 g/mol. The Balaban J connectivity index is 6.17. The number of primary amides is 2. The summed E-state index contributed by atoms with van der Waals surface area (Å²) in [6.07, 6.45) is -2.47. The number of nitrogens with two attached hydrogens (primary N) is 5. The fourth-order valence-corrected chi connectivity index (χ4v) is 5.81. The fourth-order valence-electron chi connectivity index (χ4n) is 5.81. The van der Waals surface area contributed by atoms with Gasteiger partial charge in [0.25, 0.3) is 0 Å². The second-order valence-corrected chi connectivity index (χ2v) is 16.0. The molecule has 0 aliphatic heterocycles. The summed E-state index contributed by atoms with van der Waals surface area (Å²) in [6.45, 7) is 7.07. The Hall–Kier alpha value is -6.64. The van der Waals surface area contributed by atoms with E-state index in [1.54, 1.807) is 27.7 Å². The number of rotatable bonds is 32. The van der Waals surface area contributed by atoms with E-state index in [-0.39, 0.29) is 56.4 Å². The normalized spacial score (nSPS) is 14.7. The number of guanidine groups is 1. The molecule has 20 N–H and O–H groups in total. The number of aliphatic hydroxyl groups excluding tert-OH is 1. The number of nitrogens with zero attached hydrogens (tertiary/aromatic N) is 1. The number of aliphatic hydroxyl groups is 1. The first-order valence-corrected chi connectivity index (χ1v) is 20.7. The molecule has 0 rings (SSSR count). The molecule has 0 heterocycles. The van der Waals surface area contributed by atoms with Crippen LogP contribution in [0.1, 0.15) is 92.4 Å². The van der Waals surface area contributed by atoms with Gasteiger partial charge >= 0.3 is 11.9 Å². The third-order valence-corrected chi connectivity index (χ3v) is 9.16. The van der Waals surface area contributed by atoms with Gasteiger partial charge in [0, 0.05) is 19.4 Å². The van der Waals surface area contributed by atoms with E-state index in [1.807, 2.05) is 0 Å². The lowest BCUT2D eigenvalue weighted by Crippen LogP contribution is -2.60. The van der Waals surface area contributed by atoms with Crippen molar-refractivity contribution in [2.75, 3.05) is 13.2 Å². The van der Waals surface area contributed by atoms with E-state index in [4.69, 9.17) is 28.7 Å². The molecule has 0 fully saturated rings. The van der Waals surface area contributed by atoms with Gasteiger partial charge in [-0.1, -0.05) is 27.7 Å². The minimum atomic E-state index is -1.76. The zero-order valence-electron chi connectivity index (χ0n) is 37.2. The summed E-state index contributed by atoms with van der Waals surface area (Å²) in [4.78, 5) is 143. The maximum Gasteiger partial charge on any atom is 0.326 e. The molecule has 0 radical (unpaired) electrons. The van der Waals surface area contributed by atoms with Crippen LogP contribution in [-0.4, -0.2) is 148 Å². The predicted molar refractivity (Wildman–Crippen MR) is 230 cm³/mol. The van der Waals surface area contributed by atoms with Crippen molar-refractivity contribution < 1.29 is 68.1 Å². The minimum absolute atomic E-state index is 0.00728. The average Bonchev–Trinajstić information content (AvgIpc) is 3.18. The molecule has 9 amide bonds. The van der Waals surface area contributed by atoms with Crippen molar-refractivity contribution in [1.29, 1.82) is 0 Å². The smallest absolute Gasteiger partial charge is 0.326 e. The van der Waals surface area contributed by atoms with Gasteiger partial charge in [0.1, 0.15) is 42.3 Å². The first kappa shape index (κ1) is 58.4. The molecular formula is C38H67N13O14. The maximum atomic E-state index is 13.6. The highest BCUT2D eigenvalue weighted by atomic mass is 16.4. The number of aliphatic imine (C=N–C) groups is 1. The van der Waals surface area contributed by atoms with Crippen molar-refractivity contribution in [3.05, 3.63) is 0 Å². The van der Waals surface area contributed by atoms with Crippen LogP contribution in [0.2, 0.25) is 0 Å². The molecule has 0 saturated heterocycles. The van der Waals surface area contributed by atoms with Crippen LogP contribution in [0, 0.1) is 11.8 Å². The lowest BCUT2D eigenvalue weighted by molar-refractivity contribution is -0.142. The van der Waals surface area contributed by atoms with E-state index in [0.717, 1.165) is 6.92 Å². The first-order valence-electron chi connectivity index (χ1n) is 20.7. The molecule has 27 nitrogen and oxygen atoms in total. The van der Waals surface area contributed by atoms with Crippen LogP contribution in [0.3, 0.4) is 0 Å². The monoisotopic (exact) mass is 929 g/mol. The van der Waals surface area contributed by atoms with Crippen LogP contribution in [0.5, 0.6) is 0 Å². The number of amides is 9. The Bertz CT molecular complexity index is 1720. The zero-order chi connectivity index (χ0) is 50.1. The maximum absolute atomic E-state index is 13.6. The first-order chi connectivity index (χ1) is 30.2. The lowest BCUT2D eigenvalue weighted by Gasteiger charge is -2.27. The topological polar surface area (TPSA) is 475 Å². The van der Waals surface area contributed by atoms with Crippen molar-refractivity contribution >= 4 is 71.1 Å². The fraction of sp³-hybridized carbons (Fsp3) is 0.684. The van der Waals surface area contributed by atoms with Gasteiger partial charge in [-0.3, -0.25) is 52.9 Å². The molecule has 0 spiro atoms. The average molecular weight is 930 g/mol. The molecule has 0 aliphatic rings. The predicted octanol–water partition coefficient (Wildman–Crippen LogP) is -6.04. The standard InChI is InChI=1S/C38H67N13O14/c1-17(2)13-24(49-31(58)20(39)15-28(41)54)35(62)51-26(16-52)36(63)47-22(9-11-29(55)56)32(59)45-19(5)30(57)46-21(8-10-27(40)53)33(60)50-25(14-18(3)4)34(61)48-23(37(64)65)7-6-12-44-38(42)43/h17-26,52H,6-16,39H2,1-5H3,(H2,40,53)(H2,41,54)(H,45,59)(H,46,57)(H,47,63)(H,48,61)(H,49,58)(H,50,60)(H,51,62)(H,55,56)(H,64,65)(H4,42,43,44)/t19-,20-,21-,22-,23-,24-,25-,26-/m0/s1. The highest BCUT2D eigenvalue weighted by Crippen LogP contribution is 2.10. The molecule has 8 atom stereocenters. The summed E-state index contributed by atoms with van der Waals surface area (Å²) >= 11 is 0. The third kappa shape index (κ3) is 24.7. The Kier molecular flexibility index (Phi) is 26.6. The van der Waals surface area contributed by atoms with E-state index in [9.17, 15) is 68.1 Å². The molecule has 0 aromatic heterocycles. The quantitative estimate of drug-likeness (QED) is 0.0170. The van der Waals surface area contributed by atoms with Gasteiger partial charge in [-0.25, -0.2) is 4.79 Å². The van der Waals surface area contributed by atoms with Gasteiger partial charge in [0.15, 0.2) is 5.96 Å². The van der Waals surface area contributed by atoms with E-state index >= 15 is 0 Å². The SMILES string of the molecule is CC(C)C[C@H](NC(=O)[C@H](CCC(N)=O)NC(=O)[C@H](C)NC(=O)[C@H](CCC(=O)O)NC(=O)[C@H](CO)NC(=O)[C@H](CC(C)C)NC(=O)[C@@H](N)CC(N)=O)C(=O)N[C@@H](CCCN=C(N)N)C(=O)O. The van der Waals surface area contributed by atoms with Gasteiger partial charge in [0.2, 0.25) is 53.2 Å². The van der Waals surface area contributed by atoms with Crippen molar-refractivity contribution in [3.63, 3.8) is 0 Å². The Morgan fingerprint density at radius 3 is 1.37 bits per heavy atom. The molecule has 0 bridgehead atoms. The van der Waals surface area contributed by atoms with Crippen LogP contribution >= 0.6 is 0 Å². The number of carboxylic acid groups (broad SMARTS) is 2. The Labute approximate surface area is 375 Å². The number of carboxylic acids is 2. The summed E-state index contributed by atoms with van der Waals surface area (Å²) in [6, 6.07) is -12.0. The summed E-state index contributed by atoms with van der Waals surface area (Å²) in [5.74, 6) is -12.2. The molecule has 368 valence electrons. The third-order valence-electron chi connectivity index (χ3n) is 9.16. The minimum Gasteiger partial charge on any atom is -0.481 e. The van der Waals surface area contributed by atoms with Crippen LogP contribution in [0.25, 0.3) is 0 Å². The molecule has 0 saturated carbocycles. The van der Waals surface area contributed by atoms with Crippen molar-refractivity contribution in [2.24, 2.45) is 45.5 Å². The van der Waals surface area contributed by atoms with Crippen LogP contribution in [-0.2, 0) is 52.7 Å². The highest BCUT2D eigenvalue weighted by molar-refractivity contribution is 5.98. The molecule has 0 aromatic carbocycles. The van der Waals surface area contributed by atoms with Gasteiger partial charge < -0.3 is 81.2 Å². The molecule has 0 aliphatic carbocycles. The number of nitrogens with one attached hydrogen (secondary N) is 7. The van der Waals surface area contributed by atoms with Crippen molar-refractivity contribution in [3.8, 4) is 0 Å². The van der Waals surface area contributed by atoms with E-state index in [1.165, 1.54) is 0 Å². The summed E-state index contributed by atoms with van der Waals surface area (Å²) in [7, 11) is 0. The summed E-state index contributed by atoms with van der Waals surface area (Å²) < 4.78 is 0. The van der Waals surface area contributed by atoms with E-state index in [2.05, 4.69) is 42.2 Å². The van der Waals surface area contributed by atoms with Gasteiger partial charge in [-0.05, 0) is 57.3 Å². The highest BCUT2D eigenvalue weighted by Gasteiger charge is 2.34. The molecule has 65 heavy (non-hydrogen) atoms. The zero-order valence-corrected chi connectivity index (χ0v) is 37.2. The van der Waals surface area contributed by atoms with E-state index in [0.29, 0.717) is 0 Å². The lowest BCUT2D eigenvalue weighted by atomic mass is 10.0.